The molecule has 0 spiro atoms. The summed E-state index contributed by atoms with van der Waals surface area (Å²) in [5.74, 6) is 0. The van der Waals surface area contributed by atoms with E-state index in [0.29, 0.717) is 0 Å². The van der Waals surface area contributed by atoms with Crippen molar-refractivity contribution in [2.75, 3.05) is 19.6 Å². The molecule has 0 N–H and O–H groups in total. The van der Waals surface area contributed by atoms with E-state index in [9.17, 15) is 0 Å². The lowest BCUT2D eigenvalue weighted by atomic mass is 9.33. The highest BCUT2D eigenvalue weighted by molar-refractivity contribution is 7.27. The molecule has 22 aromatic rings. The molecule has 0 amide bonds. The molecule has 0 saturated carbocycles. The maximum Gasteiger partial charge on any atom is 0.252 e. The second-order valence-corrected chi connectivity index (χ2v) is 50.9. The first-order valence-corrected chi connectivity index (χ1v) is 53.4. The summed E-state index contributed by atoms with van der Waals surface area (Å²) in [5.41, 5.74) is 41.8. The summed E-state index contributed by atoms with van der Waals surface area (Å²) in [6.07, 6.45) is 1.89. The minimum absolute atomic E-state index is 0.0193. The van der Waals surface area contributed by atoms with Gasteiger partial charge < -0.3 is 33.2 Å². The van der Waals surface area contributed by atoms with Crippen molar-refractivity contribution in [1.29, 1.82) is 0 Å². The molecule has 16 aromatic carbocycles. The third-order valence-corrected chi connectivity index (χ3v) is 35.8. The Labute approximate surface area is 846 Å². The van der Waals surface area contributed by atoms with E-state index >= 15 is 0 Å². The molecule has 10 heterocycles. The Morgan fingerprint density at radius 2 is 0.627 bits per heavy atom. The van der Waals surface area contributed by atoms with Gasteiger partial charge in [0.05, 0.1) is 42.8 Å². The van der Waals surface area contributed by atoms with Gasteiger partial charge in [0.1, 0.15) is 5.58 Å². The Morgan fingerprint density at radius 1 is 0.261 bits per heavy atom. The molecule has 26 rings (SSSR count). The fourth-order valence-electron chi connectivity index (χ4n) is 24.4. The first-order chi connectivity index (χ1) is 67.9. The zero-order chi connectivity index (χ0) is 97.7. The van der Waals surface area contributed by atoms with Crippen LogP contribution in [0.5, 0.6) is 0 Å². The smallest absolute Gasteiger partial charge is 0.252 e. The predicted molar refractivity (Wildman–Crippen MR) is 619 cm³/mol. The number of rotatable bonds is 13. The van der Waals surface area contributed by atoms with Crippen LogP contribution in [0, 0.1) is 13.8 Å². The number of nitrogens with zero attached hydrogens (tertiary/aromatic N) is 6. The molecule has 0 saturated heterocycles. The van der Waals surface area contributed by atoms with Gasteiger partial charge in [0, 0.05) is 130 Å². The SMILES string of the molecule is Cc1cc2c3c(c1)-n1c4c(cc(C(C)(C)C)cc4c4sc5ccccc5c41)B3c1ccc(N(c3ccc(C(C)(C)C)cc3)c3ccc(C(C)(C)C)cc3)cc1N2c1cccc2c1oc1cc(C(C)(C)CCC(C)(C)c3ccc(N(c4ccc(C(C)(C)C)cc4)c4ccc5c(c4)N(c4cccc6sc7ccccc7c46)c4cc(C)cc6c4B5c4cc(C(C)(C)C)cc5c7sc8ccccc8c7n-6c45)cc3)ccc12. The number of furan rings is 1. The van der Waals surface area contributed by atoms with Gasteiger partial charge in [0.15, 0.2) is 5.58 Å². The van der Waals surface area contributed by atoms with E-state index in [-0.39, 0.29) is 51.3 Å². The van der Waals surface area contributed by atoms with Crippen molar-refractivity contribution in [2.45, 2.75) is 196 Å². The molecular weight excluding hydrogens is 1780 g/mol. The molecule has 0 unspecified atom stereocenters. The highest BCUT2D eigenvalue weighted by atomic mass is 32.1. The molecule has 142 heavy (non-hydrogen) atoms. The molecule has 0 aliphatic carbocycles. The van der Waals surface area contributed by atoms with Gasteiger partial charge in [0.25, 0.3) is 13.4 Å². The number of fused-ring (bicyclic) bond motifs is 24. The number of hydrogen-bond acceptors (Lipinski definition) is 8. The van der Waals surface area contributed by atoms with Crippen LogP contribution in [0.15, 0.2) is 314 Å². The monoisotopic (exact) mass is 1900 g/mol. The van der Waals surface area contributed by atoms with Crippen LogP contribution in [0.4, 0.5) is 68.2 Å². The molecular formula is C130H118B2N6OS3. The Hall–Kier alpha value is -13.6. The zero-order valence-corrected chi connectivity index (χ0v) is 87.8. The van der Waals surface area contributed by atoms with Crippen molar-refractivity contribution in [3.05, 3.63) is 359 Å². The lowest BCUT2D eigenvalue weighted by Crippen LogP contribution is -2.60. The highest BCUT2D eigenvalue weighted by Gasteiger charge is 2.48. The normalized spacial score (nSPS) is 13.8. The summed E-state index contributed by atoms with van der Waals surface area (Å²) in [4.78, 5) is 10.3. The Bertz CT molecular complexity index is 9050. The van der Waals surface area contributed by atoms with Gasteiger partial charge in [-0.15, -0.1) is 34.0 Å². The van der Waals surface area contributed by atoms with Crippen molar-refractivity contribution in [3.8, 4) is 11.4 Å². The second-order valence-electron chi connectivity index (χ2n) is 47.7. The van der Waals surface area contributed by atoms with Gasteiger partial charge in [-0.25, -0.2) is 0 Å². The van der Waals surface area contributed by atoms with Crippen molar-refractivity contribution >= 4 is 253 Å². The van der Waals surface area contributed by atoms with E-state index < -0.39 is 0 Å². The Morgan fingerprint density at radius 3 is 1.08 bits per heavy atom. The second kappa shape index (κ2) is 31.0. The third-order valence-electron chi connectivity index (χ3n) is 32.3. The van der Waals surface area contributed by atoms with E-state index in [0.717, 1.165) is 80.3 Å². The fraction of sp³-hybridized carbons (Fsp3) is 0.231. The summed E-state index contributed by atoms with van der Waals surface area (Å²) in [5, 5.41) is 10.0. The lowest BCUT2D eigenvalue weighted by molar-refractivity contribution is 0.375. The van der Waals surface area contributed by atoms with Crippen LogP contribution in [0.1, 0.15) is 194 Å². The van der Waals surface area contributed by atoms with Crippen molar-refractivity contribution < 1.29 is 4.42 Å². The van der Waals surface area contributed by atoms with Crippen molar-refractivity contribution in [2.24, 2.45) is 0 Å². The van der Waals surface area contributed by atoms with Crippen LogP contribution in [0.3, 0.4) is 0 Å². The summed E-state index contributed by atoms with van der Waals surface area (Å²) in [6, 6.07) is 121. The first-order valence-electron chi connectivity index (χ1n) is 50.9. The van der Waals surface area contributed by atoms with Gasteiger partial charge in [-0.2, -0.15) is 0 Å². The number of benzene rings is 16. The lowest BCUT2D eigenvalue weighted by Gasteiger charge is -2.41. The highest BCUT2D eigenvalue weighted by Crippen LogP contribution is 2.56. The maximum absolute atomic E-state index is 7.70. The zero-order valence-electron chi connectivity index (χ0n) is 85.3. The summed E-state index contributed by atoms with van der Waals surface area (Å²) < 4.78 is 21.0. The predicted octanol–water partition coefficient (Wildman–Crippen LogP) is 33.9. The van der Waals surface area contributed by atoms with E-state index in [2.05, 4.69) is 484 Å². The van der Waals surface area contributed by atoms with Crippen molar-refractivity contribution in [3.63, 3.8) is 0 Å². The van der Waals surface area contributed by atoms with Crippen LogP contribution < -0.4 is 52.4 Å². The van der Waals surface area contributed by atoms with Crippen molar-refractivity contribution in [1.82, 2.24) is 9.13 Å². The van der Waals surface area contributed by atoms with E-state index in [1.807, 2.05) is 34.0 Å². The third kappa shape index (κ3) is 13.5. The number of aryl methyl sites for hydroxylation is 2. The molecule has 4 aliphatic heterocycles. The summed E-state index contributed by atoms with van der Waals surface area (Å²) in [7, 11) is 0. The maximum atomic E-state index is 7.70. The topological polar surface area (TPSA) is 36.0 Å². The van der Waals surface area contributed by atoms with E-state index in [1.165, 1.54) is 200 Å². The average molecular weight is 1900 g/mol. The fourth-order valence-corrected chi connectivity index (χ4v) is 27.9. The number of para-hydroxylation sites is 1. The molecule has 0 fully saturated rings. The van der Waals surface area contributed by atoms with Crippen LogP contribution in [0.2, 0.25) is 0 Å². The quantitative estimate of drug-likeness (QED) is 0.108. The molecule has 7 nitrogen and oxygen atoms in total. The Kier molecular flexibility index (Phi) is 19.3. The van der Waals surface area contributed by atoms with Gasteiger partial charge in [-0.3, -0.25) is 0 Å². The molecule has 6 aromatic heterocycles. The number of thiophene rings is 3. The number of aromatic nitrogens is 2. The van der Waals surface area contributed by atoms with Crippen LogP contribution in [-0.2, 0) is 37.9 Å². The molecule has 4 aliphatic rings. The van der Waals surface area contributed by atoms with Gasteiger partial charge in [0.2, 0.25) is 0 Å². The van der Waals surface area contributed by atoms with Crippen LogP contribution in [0.25, 0.3) is 116 Å². The van der Waals surface area contributed by atoms with Gasteiger partial charge in [-0.05, 0) is 299 Å². The minimum atomic E-state index is -0.239. The van der Waals surface area contributed by atoms with Crippen LogP contribution in [-0.4, -0.2) is 22.6 Å². The first kappa shape index (κ1) is 88.6. The minimum Gasteiger partial charge on any atom is -0.454 e. The summed E-state index contributed by atoms with van der Waals surface area (Å²) >= 11 is 5.78. The van der Waals surface area contributed by atoms with E-state index in [1.54, 1.807) is 0 Å². The van der Waals surface area contributed by atoms with E-state index in [4.69, 9.17) is 4.42 Å². The van der Waals surface area contributed by atoms with Gasteiger partial charge >= 0.3 is 0 Å². The Balaban J connectivity index is 0.580. The standard InChI is InChI=1S/C130H118B2N6OS3/c1-75-64-105-115-107(66-75)137-117-95(122-119(137)93-31-23-26-37-111(93)141-122)68-82(127(12,13)14)70-99(117)131(115)97-60-57-88(73-103(97)135(105)101-34-29-39-113-114(101)92-30-22-25-36-110(92)140-113)134(86-53-44-79(45-54-86)126(9,10)11)87-55-46-80(47-56-87)129(18,19)62-63-130(20,21)81-48-59-90-91-33-28-35-102(121(91)139-109(90)72-81)136-104-74-89(133(84-49-40-77(41-50-84)124(3,4)5)85-51-42-78(43-52-85)125(6,7)8)58-61-98(104)132-100-71-83(128(15,16)17)69-96-118(100)138(108-67-76(2)65-106(136)116(108)132)120-94-32-24-27-38-112(94)142-123(96)120/h22-61,64-74H,62-63H2,1-21H3. The number of hydrogen-bond donors (Lipinski definition) is 0. The molecule has 0 radical (unpaired) electrons. The average Bonchev–Trinajstić information content (AvgIpc) is 1.56. The summed E-state index contributed by atoms with van der Waals surface area (Å²) in [6.45, 7) is 49.4. The molecule has 0 bridgehead atoms. The van der Waals surface area contributed by atoms with Gasteiger partial charge in [-0.1, -0.05) is 289 Å². The molecule has 0 atom stereocenters. The number of anilines is 12. The molecule has 12 heteroatoms. The van der Waals surface area contributed by atoms with Crippen LogP contribution >= 0.6 is 34.0 Å². The molecule has 698 valence electrons. The largest absolute Gasteiger partial charge is 0.454 e.